The van der Waals surface area contributed by atoms with E-state index in [1.165, 1.54) is 70.6 Å². The summed E-state index contributed by atoms with van der Waals surface area (Å²) in [5, 5.41) is 2.43. The van der Waals surface area contributed by atoms with Crippen LogP contribution in [0.3, 0.4) is 0 Å². The number of unbranched alkanes of at least 4 members (excludes halogenated alkanes) is 9. The van der Waals surface area contributed by atoms with E-state index in [1.807, 2.05) is 11.3 Å². The van der Waals surface area contributed by atoms with Crippen LogP contribution < -0.4 is 2.89 Å². The van der Waals surface area contributed by atoms with Crippen LogP contribution in [0.4, 0.5) is 0 Å². The van der Waals surface area contributed by atoms with Gasteiger partial charge in [-0.2, -0.15) is 0 Å². The first-order valence-electron chi connectivity index (χ1n) is 9.37. The number of hydrogen-bond acceptors (Lipinski definition) is 1. The van der Waals surface area contributed by atoms with Gasteiger partial charge in [-0.1, -0.05) is 19.8 Å². The van der Waals surface area contributed by atoms with Crippen LogP contribution in [0.15, 0.2) is 11.4 Å². The topological polar surface area (TPSA) is 0 Å². The summed E-state index contributed by atoms with van der Waals surface area (Å²) >= 11 is 1.66. The standard InChI is InChI=1S/C16H27S.C4H9.Sn/c1-2-3-4-5-6-7-8-9-10-11-12-16-13-14-17-15-16;1-4(2)3;/h13,15H,2-12H2,1H3;1-3H3;. The van der Waals surface area contributed by atoms with Crippen molar-refractivity contribution in [3.05, 3.63) is 17.0 Å². The number of aryl methyl sites for hydroxylation is 1. The quantitative estimate of drug-likeness (QED) is 0.255. The molecular formula is C20H36SSn. The van der Waals surface area contributed by atoms with E-state index in [0.717, 1.165) is 0 Å². The van der Waals surface area contributed by atoms with Gasteiger partial charge >= 0.3 is 134 Å². The van der Waals surface area contributed by atoms with E-state index in [4.69, 9.17) is 0 Å². The predicted molar refractivity (Wildman–Crippen MR) is 105 cm³/mol. The van der Waals surface area contributed by atoms with Crippen LogP contribution in [0.25, 0.3) is 0 Å². The van der Waals surface area contributed by atoms with Gasteiger partial charge in [0.05, 0.1) is 0 Å². The van der Waals surface area contributed by atoms with Gasteiger partial charge in [-0.3, -0.25) is 0 Å². The maximum absolute atomic E-state index is 2.52. The molecule has 0 saturated heterocycles. The van der Waals surface area contributed by atoms with Crippen LogP contribution in [0.2, 0.25) is 3.43 Å². The molecule has 126 valence electrons. The zero-order valence-electron chi connectivity index (χ0n) is 15.3. The summed E-state index contributed by atoms with van der Waals surface area (Å²) < 4.78 is 2.32. The van der Waals surface area contributed by atoms with Gasteiger partial charge in [0.2, 0.25) is 0 Å². The van der Waals surface area contributed by atoms with Crippen LogP contribution in [0, 0.1) is 0 Å². The maximum atomic E-state index is 2.52. The van der Waals surface area contributed by atoms with Gasteiger partial charge in [0.15, 0.2) is 0 Å². The van der Waals surface area contributed by atoms with Gasteiger partial charge in [-0.05, 0) is 0 Å². The molecule has 0 amide bonds. The van der Waals surface area contributed by atoms with E-state index >= 15 is 0 Å². The summed E-state index contributed by atoms with van der Waals surface area (Å²) in [6, 6.07) is 2.52. The van der Waals surface area contributed by atoms with Gasteiger partial charge in [-0.15, -0.1) is 0 Å². The average Bonchev–Trinajstić information content (AvgIpc) is 2.86. The number of rotatable bonds is 12. The van der Waals surface area contributed by atoms with Gasteiger partial charge in [0.1, 0.15) is 0 Å². The Morgan fingerprint density at radius 3 is 1.95 bits per heavy atom. The first-order valence-corrected chi connectivity index (χ1v) is 13.1. The Bertz CT molecular complexity index is 375. The fourth-order valence-electron chi connectivity index (χ4n) is 2.76. The third-order valence-corrected chi connectivity index (χ3v) is 9.71. The van der Waals surface area contributed by atoms with Gasteiger partial charge < -0.3 is 0 Å². The summed E-state index contributed by atoms with van der Waals surface area (Å²) in [5.41, 5.74) is 1.62. The minimum absolute atomic E-state index is 0.374. The summed E-state index contributed by atoms with van der Waals surface area (Å²) in [5.74, 6) is 0. The van der Waals surface area contributed by atoms with E-state index in [0.29, 0.717) is 3.43 Å². The number of hydrogen-bond donors (Lipinski definition) is 0. The van der Waals surface area contributed by atoms with Crippen molar-refractivity contribution in [3.63, 3.8) is 0 Å². The van der Waals surface area contributed by atoms with Crippen molar-refractivity contribution in [2.24, 2.45) is 0 Å². The second kappa shape index (κ2) is 11.9. The van der Waals surface area contributed by atoms with E-state index in [1.54, 1.807) is 8.46 Å². The predicted octanol–water partition coefficient (Wildman–Crippen LogP) is 6.76. The molecule has 1 aromatic rings. The molecule has 0 spiro atoms. The average molecular weight is 427 g/mol. The molecule has 0 N–H and O–H groups in total. The van der Waals surface area contributed by atoms with Crippen LogP contribution in [-0.2, 0) is 6.42 Å². The first-order chi connectivity index (χ1) is 10.5. The molecule has 2 heteroatoms. The summed E-state index contributed by atoms with van der Waals surface area (Å²) in [4.78, 5) is 0. The first kappa shape index (κ1) is 20.5. The van der Waals surface area contributed by atoms with Gasteiger partial charge in [0.25, 0.3) is 0 Å². The molecule has 1 aromatic heterocycles. The molecule has 22 heavy (non-hydrogen) atoms. The molecule has 0 saturated carbocycles. The van der Waals surface area contributed by atoms with E-state index in [9.17, 15) is 0 Å². The number of thiophene rings is 1. The van der Waals surface area contributed by atoms with Crippen LogP contribution in [-0.4, -0.2) is 21.1 Å². The molecule has 0 aromatic carbocycles. The molecule has 0 atom stereocenters. The Balaban J connectivity index is 1.99. The Kier molecular flexibility index (Phi) is 11.2. The molecule has 2 radical (unpaired) electrons. The molecule has 1 rings (SSSR count). The normalized spacial score (nSPS) is 12.0. The van der Waals surface area contributed by atoms with Crippen LogP contribution in [0.1, 0.15) is 97.5 Å². The second-order valence-corrected chi connectivity index (χ2v) is 16.1. The van der Waals surface area contributed by atoms with Gasteiger partial charge in [0, 0.05) is 0 Å². The summed E-state index contributed by atoms with van der Waals surface area (Å²) in [7, 11) is 0. The van der Waals surface area contributed by atoms with E-state index in [2.05, 4.69) is 39.1 Å². The third kappa shape index (κ3) is 11.1. The van der Waals surface area contributed by atoms with Crippen molar-refractivity contribution >= 4 is 35.4 Å². The van der Waals surface area contributed by atoms with Crippen molar-refractivity contribution in [3.8, 4) is 0 Å². The Morgan fingerprint density at radius 1 is 0.864 bits per heavy atom. The van der Waals surface area contributed by atoms with Crippen LogP contribution in [0.5, 0.6) is 0 Å². The Morgan fingerprint density at radius 2 is 1.41 bits per heavy atom. The Labute approximate surface area is 153 Å². The van der Waals surface area contributed by atoms with Gasteiger partial charge in [-0.25, -0.2) is 0 Å². The second-order valence-electron chi connectivity index (χ2n) is 7.63. The molecule has 0 fully saturated rings. The van der Waals surface area contributed by atoms with Crippen molar-refractivity contribution in [1.29, 1.82) is 0 Å². The summed E-state index contributed by atoms with van der Waals surface area (Å²) in [6.07, 6.45) is 15.7. The van der Waals surface area contributed by atoms with E-state index in [-0.39, 0.29) is 21.1 Å². The Hall–Kier alpha value is 0.499. The summed E-state index contributed by atoms with van der Waals surface area (Å²) in [6.45, 7) is 9.50. The fraction of sp³-hybridized carbons (Fsp3) is 0.800. The molecule has 0 aliphatic carbocycles. The van der Waals surface area contributed by atoms with Crippen molar-refractivity contribution < 1.29 is 0 Å². The SMILES string of the molecule is CCCCCCCCCCCCc1cs[c]([Sn][C](C)(C)C)c1. The minimum atomic E-state index is -0.374. The molecular weight excluding hydrogens is 391 g/mol. The molecule has 0 aliphatic heterocycles. The monoisotopic (exact) mass is 428 g/mol. The third-order valence-electron chi connectivity index (χ3n) is 3.97. The molecule has 0 unspecified atom stereocenters. The zero-order chi connectivity index (χ0) is 16.3. The zero-order valence-corrected chi connectivity index (χ0v) is 19.0. The molecule has 0 nitrogen and oxygen atoms in total. The van der Waals surface area contributed by atoms with Crippen molar-refractivity contribution in [2.75, 3.05) is 0 Å². The molecule has 1 heterocycles. The van der Waals surface area contributed by atoms with Crippen molar-refractivity contribution in [2.45, 2.75) is 102 Å². The molecule has 0 aliphatic rings. The molecule has 0 bridgehead atoms. The van der Waals surface area contributed by atoms with Crippen LogP contribution >= 0.6 is 11.3 Å². The van der Waals surface area contributed by atoms with E-state index < -0.39 is 0 Å². The van der Waals surface area contributed by atoms with Crippen molar-refractivity contribution in [1.82, 2.24) is 0 Å². The fourth-order valence-corrected chi connectivity index (χ4v) is 9.41.